The van der Waals surface area contributed by atoms with Crippen LogP contribution in [-0.2, 0) is 17.6 Å². The Morgan fingerprint density at radius 3 is 2.59 bits per heavy atom. The Labute approximate surface area is 136 Å². The van der Waals surface area contributed by atoms with E-state index in [4.69, 9.17) is 4.98 Å². The lowest BCUT2D eigenvalue weighted by molar-refractivity contribution is -0.143. The van der Waals surface area contributed by atoms with Gasteiger partial charge in [0.2, 0.25) is 0 Å². The number of carbonyl (C=O) groups excluding carboxylic acids is 1. The standard InChI is InChI=1S/C17H26N2O2S/c1-11(2)15(20)17(21)19-9-7-12(8-10-19)16-18-13-5-3-4-6-14(13)22-16/h11-12,15,20H,3-10H2,1-2H3/t15-/m1/s1. The highest BCUT2D eigenvalue weighted by Gasteiger charge is 2.30. The van der Waals surface area contributed by atoms with Crippen molar-refractivity contribution >= 4 is 17.2 Å². The number of aryl methyl sites for hydroxylation is 2. The summed E-state index contributed by atoms with van der Waals surface area (Å²) in [5.41, 5.74) is 1.33. The van der Waals surface area contributed by atoms with Crippen molar-refractivity contribution in [3.8, 4) is 0 Å². The number of carbonyl (C=O) groups is 1. The largest absolute Gasteiger partial charge is 0.383 e. The molecule has 0 bridgehead atoms. The third-order valence-electron chi connectivity index (χ3n) is 4.90. The van der Waals surface area contributed by atoms with Crippen molar-refractivity contribution in [3.63, 3.8) is 0 Å². The van der Waals surface area contributed by atoms with Crippen LogP contribution in [0, 0.1) is 5.92 Å². The summed E-state index contributed by atoms with van der Waals surface area (Å²) in [5.74, 6) is 0.374. The third-order valence-corrected chi connectivity index (χ3v) is 6.22. The van der Waals surface area contributed by atoms with Crippen LogP contribution < -0.4 is 0 Å². The molecule has 4 nitrogen and oxygen atoms in total. The van der Waals surface area contributed by atoms with Gasteiger partial charge >= 0.3 is 0 Å². The first-order valence-electron chi connectivity index (χ1n) is 8.51. The maximum Gasteiger partial charge on any atom is 0.251 e. The van der Waals surface area contributed by atoms with Gasteiger partial charge < -0.3 is 10.0 Å². The number of thiazole rings is 1. The van der Waals surface area contributed by atoms with E-state index in [1.165, 1.54) is 34.8 Å². The number of piperidine rings is 1. The van der Waals surface area contributed by atoms with E-state index in [9.17, 15) is 9.90 Å². The molecule has 0 aromatic carbocycles. The lowest BCUT2D eigenvalue weighted by Crippen LogP contribution is -2.45. The van der Waals surface area contributed by atoms with E-state index >= 15 is 0 Å². The van der Waals surface area contributed by atoms with Gasteiger partial charge in [0, 0.05) is 23.9 Å². The Balaban J connectivity index is 1.60. The van der Waals surface area contributed by atoms with E-state index in [1.54, 1.807) is 0 Å². The molecular formula is C17H26N2O2S. The molecule has 0 spiro atoms. The molecule has 3 rings (SSSR count). The van der Waals surface area contributed by atoms with Crippen LogP contribution in [0.4, 0.5) is 0 Å². The Kier molecular flexibility index (Phi) is 4.83. The molecule has 2 aliphatic rings. The van der Waals surface area contributed by atoms with Crippen LogP contribution in [0.5, 0.6) is 0 Å². The van der Waals surface area contributed by atoms with E-state index in [0.717, 1.165) is 32.4 Å². The molecule has 2 heterocycles. The minimum Gasteiger partial charge on any atom is -0.383 e. The van der Waals surface area contributed by atoms with Crippen LogP contribution in [0.3, 0.4) is 0 Å². The summed E-state index contributed by atoms with van der Waals surface area (Å²) in [6.45, 7) is 5.26. The highest BCUT2D eigenvalue weighted by Crippen LogP contribution is 2.35. The number of likely N-dealkylation sites (tertiary alicyclic amines) is 1. The zero-order valence-corrected chi connectivity index (χ0v) is 14.4. The maximum atomic E-state index is 12.2. The van der Waals surface area contributed by atoms with Crippen LogP contribution in [0.25, 0.3) is 0 Å². The van der Waals surface area contributed by atoms with Crippen molar-refractivity contribution in [2.45, 2.75) is 64.4 Å². The average Bonchev–Trinajstić information content (AvgIpc) is 2.97. The number of amides is 1. The molecule has 0 saturated carbocycles. The van der Waals surface area contributed by atoms with Gasteiger partial charge in [-0.05, 0) is 44.4 Å². The fraction of sp³-hybridized carbons (Fsp3) is 0.765. The van der Waals surface area contributed by atoms with Crippen molar-refractivity contribution < 1.29 is 9.90 Å². The summed E-state index contributed by atoms with van der Waals surface area (Å²) in [6, 6.07) is 0. The number of fused-ring (bicyclic) bond motifs is 1. The van der Waals surface area contributed by atoms with E-state index in [1.807, 2.05) is 30.1 Å². The molecule has 0 radical (unpaired) electrons. The summed E-state index contributed by atoms with van der Waals surface area (Å²) in [7, 11) is 0. The molecule has 22 heavy (non-hydrogen) atoms. The lowest BCUT2D eigenvalue weighted by Gasteiger charge is -2.33. The number of aliphatic hydroxyl groups excluding tert-OH is 1. The second-order valence-electron chi connectivity index (χ2n) is 6.92. The van der Waals surface area contributed by atoms with Crippen molar-refractivity contribution in [2.24, 2.45) is 5.92 Å². The summed E-state index contributed by atoms with van der Waals surface area (Å²) >= 11 is 1.90. The monoisotopic (exact) mass is 322 g/mol. The zero-order valence-electron chi connectivity index (χ0n) is 13.5. The van der Waals surface area contributed by atoms with E-state index in [0.29, 0.717) is 5.92 Å². The summed E-state index contributed by atoms with van der Waals surface area (Å²) < 4.78 is 0. The topological polar surface area (TPSA) is 53.4 Å². The number of rotatable bonds is 3. The minimum absolute atomic E-state index is 0.0177. The van der Waals surface area contributed by atoms with Crippen LogP contribution in [0.1, 0.15) is 61.0 Å². The fourth-order valence-corrected chi connectivity index (χ4v) is 4.69. The number of hydrogen-bond acceptors (Lipinski definition) is 4. The molecule has 1 amide bonds. The summed E-state index contributed by atoms with van der Waals surface area (Å²) in [5, 5.41) is 11.2. The lowest BCUT2D eigenvalue weighted by atomic mass is 9.96. The zero-order chi connectivity index (χ0) is 15.7. The Hall–Kier alpha value is -0.940. The second-order valence-corrected chi connectivity index (χ2v) is 8.03. The molecule has 5 heteroatoms. The Morgan fingerprint density at radius 1 is 1.27 bits per heavy atom. The van der Waals surface area contributed by atoms with Crippen LogP contribution in [0.2, 0.25) is 0 Å². The van der Waals surface area contributed by atoms with Crippen molar-refractivity contribution in [3.05, 3.63) is 15.6 Å². The van der Waals surface area contributed by atoms with E-state index in [2.05, 4.69) is 0 Å². The van der Waals surface area contributed by atoms with Crippen molar-refractivity contribution in [1.29, 1.82) is 0 Å². The predicted molar refractivity (Wildman–Crippen MR) is 88.2 cm³/mol. The first-order valence-corrected chi connectivity index (χ1v) is 9.33. The van der Waals surface area contributed by atoms with Gasteiger partial charge in [-0.1, -0.05) is 13.8 Å². The number of nitrogens with zero attached hydrogens (tertiary/aromatic N) is 2. The van der Waals surface area contributed by atoms with Gasteiger partial charge in [0.05, 0.1) is 10.7 Å². The minimum atomic E-state index is -0.858. The molecule has 1 aromatic rings. The molecule has 1 atom stereocenters. The third kappa shape index (κ3) is 3.20. The van der Waals surface area contributed by atoms with Crippen molar-refractivity contribution in [1.82, 2.24) is 9.88 Å². The molecule has 1 aliphatic heterocycles. The first kappa shape index (κ1) is 15.9. The summed E-state index contributed by atoms with van der Waals surface area (Å²) in [4.78, 5) is 20.4. The second kappa shape index (κ2) is 6.67. The van der Waals surface area contributed by atoms with Gasteiger partial charge in [-0.3, -0.25) is 4.79 Å². The predicted octanol–water partition coefficient (Wildman–Crippen LogP) is 2.74. The van der Waals surface area contributed by atoms with Crippen LogP contribution in [0.15, 0.2) is 0 Å². The van der Waals surface area contributed by atoms with Gasteiger partial charge in [0.15, 0.2) is 0 Å². The van der Waals surface area contributed by atoms with E-state index < -0.39 is 6.10 Å². The van der Waals surface area contributed by atoms with Gasteiger partial charge in [-0.2, -0.15) is 0 Å². The normalized spacial score (nSPS) is 21.0. The molecule has 1 N–H and O–H groups in total. The molecular weight excluding hydrogens is 296 g/mol. The molecule has 1 aromatic heterocycles. The SMILES string of the molecule is CC(C)[C@@H](O)C(=O)N1CCC(c2nc3c(s2)CCCC3)CC1. The Morgan fingerprint density at radius 2 is 1.95 bits per heavy atom. The van der Waals surface area contributed by atoms with Gasteiger partial charge in [-0.25, -0.2) is 4.98 Å². The molecule has 1 aliphatic carbocycles. The highest BCUT2D eigenvalue weighted by molar-refractivity contribution is 7.11. The average molecular weight is 322 g/mol. The number of hydrogen-bond donors (Lipinski definition) is 1. The number of aliphatic hydroxyl groups is 1. The molecule has 1 saturated heterocycles. The molecule has 122 valence electrons. The quantitative estimate of drug-likeness (QED) is 0.931. The van der Waals surface area contributed by atoms with Crippen LogP contribution in [-0.4, -0.2) is 40.1 Å². The fourth-order valence-electron chi connectivity index (χ4n) is 3.37. The highest BCUT2D eigenvalue weighted by atomic mass is 32.1. The van der Waals surface area contributed by atoms with Crippen molar-refractivity contribution in [2.75, 3.05) is 13.1 Å². The molecule has 1 fully saturated rings. The molecule has 0 unspecified atom stereocenters. The van der Waals surface area contributed by atoms with Gasteiger partial charge in [0.1, 0.15) is 6.10 Å². The smallest absolute Gasteiger partial charge is 0.251 e. The summed E-state index contributed by atoms with van der Waals surface area (Å²) in [6.07, 6.45) is 6.01. The Bertz CT molecular complexity index is 509. The van der Waals surface area contributed by atoms with Gasteiger partial charge in [-0.15, -0.1) is 11.3 Å². The van der Waals surface area contributed by atoms with Gasteiger partial charge in [0.25, 0.3) is 5.91 Å². The van der Waals surface area contributed by atoms with Crippen LogP contribution >= 0.6 is 11.3 Å². The first-order chi connectivity index (χ1) is 10.6. The maximum absolute atomic E-state index is 12.2. The van der Waals surface area contributed by atoms with E-state index in [-0.39, 0.29) is 11.8 Å². The number of aromatic nitrogens is 1.